The lowest BCUT2D eigenvalue weighted by atomic mass is 9.73. The fourth-order valence-corrected chi connectivity index (χ4v) is 3.33. The summed E-state index contributed by atoms with van der Waals surface area (Å²) in [5.74, 6) is 0.180. The van der Waals surface area contributed by atoms with Gasteiger partial charge in [0, 0.05) is 25.2 Å². The van der Waals surface area contributed by atoms with Crippen LogP contribution in [0.25, 0.3) is 0 Å². The summed E-state index contributed by atoms with van der Waals surface area (Å²) in [5.41, 5.74) is 6.64. The van der Waals surface area contributed by atoms with Crippen LogP contribution in [-0.4, -0.2) is 24.4 Å². The Balaban J connectivity index is 2.07. The van der Waals surface area contributed by atoms with Crippen molar-refractivity contribution in [2.24, 2.45) is 11.1 Å². The summed E-state index contributed by atoms with van der Waals surface area (Å²) < 4.78 is 0. The normalized spacial score (nSPS) is 17.8. The van der Waals surface area contributed by atoms with Crippen LogP contribution in [0.2, 0.25) is 5.02 Å². The number of hydrogen-bond acceptors (Lipinski definition) is 2. The van der Waals surface area contributed by atoms with Crippen molar-refractivity contribution in [1.82, 2.24) is 4.90 Å². The number of nitrogens with zero attached hydrogens (tertiary/aromatic N) is 1. The summed E-state index contributed by atoms with van der Waals surface area (Å²) in [6.07, 6.45) is 5.26. The Morgan fingerprint density at radius 3 is 2.65 bits per heavy atom. The Bertz CT molecular complexity index is 469. The van der Waals surface area contributed by atoms with Gasteiger partial charge in [-0.25, -0.2) is 0 Å². The predicted molar refractivity (Wildman–Crippen MR) is 82.5 cm³/mol. The molecule has 0 aromatic heterocycles. The molecule has 0 heterocycles. The van der Waals surface area contributed by atoms with E-state index in [4.69, 9.17) is 17.3 Å². The molecule has 1 aromatic rings. The Morgan fingerprint density at radius 1 is 1.35 bits per heavy atom. The molecule has 2 N–H and O–H groups in total. The zero-order chi connectivity index (χ0) is 14.6. The highest BCUT2D eigenvalue weighted by molar-refractivity contribution is 6.30. The molecule has 0 atom stereocenters. The van der Waals surface area contributed by atoms with Gasteiger partial charge >= 0.3 is 0 Å². The maximum Gasteiger partial charge on any atom is 0.230 e. The van der Waals surface area contributed by atoms with Gasteiger partial charge in [0.1, 0.15) is 0 Å². The molecule has 1 fully saturated rings. The predicted octanol–water partition coefficient (Wildman–Crippen LogP) is 3.21. The fourth-order valence-electron chi connectivity index (χ4n) is 3.12. The number of nitrogens with two attached hydrogens (primary N) is 1. The molecule has 1 aromatic carbocycles. The van der Waals surface area contributed by atoms with E-state index < -0.39 is 0 Å². The Hall–Kier alpha value is -1.06. The summed E-state index contributed by atoms with van der Waals surface area (Å²) in [6.45, 7) is 1.03. The average Bonchev–Trinajstić information content (AvgIpc) is 2.47. The molecule has 4 heteroatoms. The maximum atomic E-state index is 12.8. The van der Waals surface area contributed by atoms with E-state index in [0.717, 1.165) is 31.2 Å². The van der Waals surface area contributed by atoms with E-state index in [1.54, 1.807) is 4.90 Å². The van der Waals surface area contributed by atoms with Gasteiger partial charge in [0.2, 0.25) is 5.91 Å². The van der Waals surface area contributed by atoms with E-state index in [-0.39, 0.29) is 11.3 Å². The molecule has 0 saturated heterocycles. The van der Waals surface area contributed by atoms with E-state index in [0.29, 0.717) is 18.1 Å². The number of rotatable bonds is 4. The number of carbonyl (C=O) groups excluding carboxylic acids is 1. The standard InChI is InChI=1S/C16H23ClN2O/c1-19(11-13-6-5-7-14(17)10-13)15(20)16(12-18)8-3-2-4-9-16/h5-7,10H,2-4,8-9,11-12,18H2,1H3. The third-order valence-electron chi connectivity index (χ3n) is 4.31. The first-order valence-electron chi connectivity index (χ1n) is 7.27. The van der Waals surface area contributed by atoms with Gasteiger partial charge in [0.05, 0.1) is 5.41 Å². The molecule has 1 aliphatic rings. The van der Waals surface area contributed by atoms with Crippen molar-refractivity contribution < 1.29 is 4.79 Å². The molecule has 0 unspecified atom stereocenters. The van der Waals surface area contributed by atoms with E-state index in [9.17, 15) is 4.79 Å². The number of hydrogen-bond donors (Lipinski definition) is 1. The number of halogens is 1. The van der Waals surface area contributed by atoms with Crippen LogP contribution in [0.1, 0.15) is 37.7 Å². The van der Waals surface area contributed by atoms with Gasteiger partial charge in [-0.1, -0.05) is 43.0 Å². The summed E-state index contributed by atoms with van der Waals surface area (Å²) in [7, 11) is 1.86. The molecule has 1 amide bonds. The first kappa shape index (κ1) is 15.3. The zero-order valence-corrected chi connectivity index (χ0v) is 12.8. The average molecular weight is 295 g/mol. The monoisotopic (exact) mass is 294 g/mol. The van der Waals surface area contributed by atoms with Gasteiger partial charge in [0.25, 0.3) is 0 Å². The minimum Gasteiger partial charge on any atom is -0.341 e. The number of amides is 1. The van der Waals surface area contributed by atoms with Crippen molar-refractivity contribution in [2.45, 2.75) is 38.6 Å². The Morgan fingerprint density at radius 2 is 2.05 bits per heavy atom. The summed E-state index contributed by atoms with van der Waals surface area (Å²) in [4.78, 5) is 14.5. The van der Waals surface area contributed by atoms with Crippen LogP contribution >= 0.6 is 11.6 Å². The zero-order valence-electron chi connectivity index (χ0n) is 12.1. The van der Waals surface area contributed by atoms with Gasteiger partial charge in [-0.2, -0.15) is 0 Å². The minimum atomic E-state index is -0.342. The third-order valence-corrected chi connectivity index (χ3v) is 4.55. The number of carbonyl (C=O) groups is 1. The highest BCUT2D eigenvalue weighted by atomic mass is 35.5. The quantitative estimate of drug-likeness (QED) is 0.927. The first-order valence-corrected chi connectivity index (χ1v) is 7.65. The molecule has 1 saturated carbocycles. The third kappa shape index (κ3) is 3.33. The molecular formula is C16H23ClN2O. The van der Waals surface area contributed by atoms with Crippen LogP contribution in [0.15, 0.2) is 24.3 Å². The molecule has 0 radical (unpaired) electrons. The van der Waals surface area contributed by atoms with E-state index in [1.165, 1.54) is 6.42 Å². The summed E-state index contributed by atoms with van der Waals surface area (Å²) in [5, 5.41) is 0.703. The van der Waals surface area contributed by atoms with Gasteiger partial charge in [-0.3, -0.25) is 4.79 Å². The molecule has 110 valence electrons. The molecule has 2 rings (SSSR count). The van der Waals surface area contributed by atoms with E-state index >= 15 is 0 Å². The first-order chi connectivity index (χ1) is 9.57. The SMILES string of the molecule is CN(Cc1cccc(Cl)c1)C(=O)C1(CN)CCCCC1. The smallest absolute Gasteiger partial charge is 0.230 e. The molecule has 3 nitrogen and oxygen atoms in total. The van der Waals surface area contributed by atoms with Crippen LogP contribution < -0.4 is 5.73 Å². The molecular weight excluding hydrogens is 272 g/mol. The van der Waals surface area contributed by atoms with Crippen molar-refractivity contribution in [3.05, 3.63) is 34.9 Å². The second-order valence-electron chi connectivity index (χ2n) is 5.84. The van der Waals surface area contributed by atoms with Crippen molar-refractivity contribution in [3.8, 4) is 0 Å². The fraction of sp³-hybridized carbons (Fsp3) is 0.562. The Labute approximate surface area is 126 Å². The van der Waals surface area contributed by atoms with Crippen LogP contribution in [0, 0.1) is 5.41 Å². The molecule has 0 bridgehead atoms. The van der Waals surface area contributed by atoms with Crippen LogP contribution in [0.3, 0.4) is 0 Å². The highest BCUT2D eigenvalue weighted by Crippen LogP contribution is 2.37. The highest BCUT2D eigenvalue weighted by Gasteiger charge is 2.39. The van der Waals surface area contributed by atoms with E-state index in [1.807, 2.05) is 31.3 Å². The minimum absolute atomic E-state index is 0.180. The van der Waals surface area contributed by atoms with E-state index in [2.05, 4.69) is 0 Å². The topological polar surface area (TPSA) is 46.3 Å². The van der Waals surface area contributed by atoms with Crippen molar-refractivity contribution in [1.29, 1.82) is 0 Å². The maximum absolute atomic E-state index is 12.8. The van der Waals surface area contributed by atoms with Gasteiger partial charge in [-0.15, -0.1) is 0 Å². The Kier molecular flexibility index (Phi) is 5.06. The largest absolute Gasteiger partial charge is 0.341 e. The molecule has 0 aliphatic heterocycles. The molecule has 1 aliphatic carbocycles. The van der Waals surface area contributed by atoms with Crippen molar-refractivity contribution in [2.75, 3.05) is 13.6 Å². The second-order valence-corrected chi connectivity index (χ2v) is 6.27. The van der Waals surface area contributed by atoms with Crippen molar-refractivity contribution in [3.63, 3.8) is 0 Å². The van der Waals surface area contributed by atoms with Gasteiger partial charge in [-0.05, 0) is 30.5 Å². The van der Waals surface area contributed by atoms with Crippen LogP contribution in [0.4, 0.5) is 0 Å². The summed E-state index contributed by atoms with van der Waals surface area (Å²) in [6, 6.07) is 7.65. The molecule has 0 spiro atoms. The lowest BCUT2D eigenvalue weighted by molar-refractivity contribution is -0.142. The summed E-state index contributed by atoms with van der Waals surface area (Å²) >= 11 is 5.99. The number of benzene rings is 1. The van der Waals surface area contributed by atoms with Crippen LogP contribution in [0.5, 0.6) is 0 Å². The van der Waals surface area contributed by atoms with Gasteiger partial charge in [0.15, 0.2) is 0 Å². The van der Waals surface area contributed by atoms with Crippen molar-refractivity contribution >= 4 is 17.5 Å². The lowest BCUT2D eigenvalue weighted by Crippen LogP contribution is -2.47. The molecule has 20 heavy (non-hydrogen) atoms. The van der Waals surface area contributed by atoms with Gasteiger partial charge < -0.3 is 10.6 Å². The lowest BCUT2D eigenvalue weighted by Gasteiger charge is -2.37. The second kappa shape index (κ2) is 6.59. The van der Waals surface area contributed by atoms with Crippen LogP contribution in [-0.2, 0) is 11.3 Å².